The van der Waals surface area contributed by atoms with Gasteiger partial charge in [-0.25, -0.2) is 0 Å². The van der Waals surface area contributed by atoms with E-state index in [0.29, 0.717) is 14.4 Å². The second-order valence-electron chi connectivity index (χ2n) is 4.23. The van der Waals surface area contributed by atoms with Gasteiger partial charge in [0.1, 0.15) is 16.1 Å². The molecule has 8 heteroatoms. The highest BCUT2D eigenvalue weighted by atomic mass is 35.5. The van der Waals surface area contributed by atoms with Crippen molar-refractivity contribution < 1.29 is 14.0 Å². The molecule has 112 valence electrons. The average Bonchev–Trinajstić information content (AvgIpc) is 3.05. The minimum Gasteiger partial charge on any atom is -0.467 e. The summed E-state index contributed by atoms with van der Waals surface area (Å²) in [5.41, 5.74) is 0.261. The zero-order valence-corrected chi connectivity index (χ0v) is 13.3. The molecule has 21 heavy (non-hydrogen) atoms. The molecule has 5 nitrogen and oxygen atoms in total. The maximum Gasteiger partial charge on any atom is 0.254 e. The largest absolute Gasteiger partial charge is 0.467 e. The first kappa shape index (κ1) is 15.9. The van der Waals surface area contributed by atoms with Gasteiger partial charge in [-0.05, 0) is 25.1 Å². The van der Waals surface area contributed by atoms with Gasteiger partial charge in [-0.3, -0.25) is 9.59 Å². The Morgan fingerprint density at radius 3 is 2.76 bits per heavy atom. The molecule has 2 rings (SSSR count). The van der Waals surface area contributed by atoms with Gasteiger partial charge < -0.3 is 15.1 Å². The van der Waals surface area contributed by atoms with Crippen LogP contribution in [0.15, 0.2) is 28.9 Å². The van der Waals surface area contributed by atoms with Crippen LogP contribution < -0.4 is 10.6 Å². The van der Waals surface area contributed by atoms with Crippen molar-refractivity contribution in [3.63, 3.8) is 0 Å². The highest BCUT2D eigenvalue weighted by Gasteiger charge is 2.20. The molecule has 0 fully saturated rings. The van der Waals surface area contributed by atoms with E-state index in [4.69, 9.17) is 27.6 Å². The molecular formula is C13H12Cl2N2O3S. The van der Waals surface area contributed by atoms with Gasteiger partial charge in [0, 0.05) is 0 Å². The third-order valence-corrected chi connectivity index (χ3v) is 4.15. The van der Waals surface area contributed by atoms with Crippen LogP contribution in [0.2, 0.25) is 8.67 Å². The van der Waals surface area contributed by atoms with Crippen molar-refractivity contribution in [1.29, 1.82) is 0 Å². The summed E-state index contributed by atoms with van der Waals surface area (Å²) in [6.07, 6.45) is 1.52. The third-order valence-electron chi connectivity index (χ3n) is 2.66. The number of furan rings is 1. The predicted octanol–water partition coefficient (Wildman–Crippen LogP) is 3.08. The molecule has 0 saturated heterocycles. The topological polar surface area (TPSA) is 71.3 Å². The van der Waals surface area contributed by atoms with Crippen molar-refractivity contribution in [1.82, 2.24) is 10.6 Å². The van der Waals surface area contributed by atoms with Crippen LogP contribution in [0.3, 0.4) is 0 Å². The van der Waals surface area contributed by atoms with Crippen LogP contribution in [0, 0.1) is 0 Å². The van der Waals surface area contributed by atoms with E-state index in [2.05, 4.69) is 10.6 Å². The molecule has 0 aliphatic carbocycles. The number of hydrogen-bond acceptors (Lipinski definition) is 4. The molecule has 0 unspecified atom stereocenters. The summed E-state index contributed by atoms with van der Waals surface area (Å²) < 4.78 is 5.81. The van der Waals surface area contributed by atoms with E-state index < -0.39 is 11.9 Å². The lowest BCUT2D eigenvalue weighted by Crippen LogP contribution is -2.44. The zero-order chi connectivity index (χ0) is 15.4. The highest BCUT2D eigenvalue weighted by Crippen LogP contribution is 2.30. The Balaban J connectivity index is 1.88. The van der Waals surface area contributed by atoms with Crippen LogP contribution in [0.5, 0.6) is 0 Å². The number of hydrogen-bond donors (Lipinski definition) is 2. The maximum atomic E-state index is 12.0. The summed E-state index contributed by atoms with van der Waals surface area (Å²) in [6, 6.07) is 4.24. The molecule has 2 amide bonds. The molecule has 0 saturated carbocycles. The van der Waals surface area contributed by atoms with Crippen molar-refractivity contribution in [2.75, 3.05) is 0 Å². The van der Waals surface area contributed by atoms with Crippen molar-refractivity contribution >= 4 is 46.4 Å². The van der Waals surface area contributed by atoms with Crippen molar-refractivity contribution in [3.05, 3.63) is 44.5 Å². The van der Waals surface area contributed by atoms with E-state index in [9.17, 15) is 9.59 Å². The van der Waals surface area contributed by atoms with E-state index in [1.54, 1.807) is 19.1 Å². The molecule has 2 heterocycles. The Labute approximate surface area is 135 Å². The lowest BCUT2D eigenvalue weighted by atomic mass is 10.2. The molecule has 1 atom stereocenters. The van der Waals surface area contributed by atoms with Gasteiger partial charge in [-0.2, -0.15) is 0 Å². The summed E-state index contributed by atoms with van der Waals surface area (Å²) in [5, 5.41) is 5.22. The molecule has 0 radical (unpaired) electrons. The maximum absolute atomic E-state index is 12.0. The van der Waals surface area contributed by atoms with E-state index in [-0.39, 0.29) is 18.0 Å². The molecule has 2 aromatic rings. The van der Waals surface area contributed by atoms with Crippen LogP contribution in [-0.4, -0.2) is 17.9 Å². The minimum atomic E-state index is -0.706. The second-order valence-corrected chi connectivity index (χ2v) is 6.52. The molecule has 0 aliphatic heterocycles. The molecule has 0 spiro atoms. The normalized spacial score (nSPS) is 12.0. The molecule has 0 aromatic carbocycles. The van der Waals surface area contributed by atoms with Gasteiger partial charge in [0.25, 0.3) is 5.91 Å². The number of rotatable bonds is 5. The Morgan fingerprint density at radius 1 is 1.43 bits per heavy atom. The Bertz CT molecular complexity index is 640. The number of nitrogens with one attached hydrogen (secondary N) is 2. The third kappa shape index (κ3) is 4.23. The lowest BCUT2D eigenvalue weighted by Gasteiger charge is -2.13. The summed E-state index contributed by atoms with van der Waals surface area (Å²) in [7, 11) is 0. The van der Waals surface area contributed by atoms with E-state index in [1.807, 2.05) is 0 Å². The SMILES string of the molecule is C[C@H](NC(=O)c1cc(Cl)sc1Cl)C(=O)NCc1ccco1. The average molecular weight is 347 g/mol. The van der Waals surface area contributed by atoms with Crippen LogP contribution >= 0.6 is 34.5 Å². The molecule has 0 bridgehead atoms. The van der Waals surface area contributed by atoms with Crippen LogP contribution in [0.25, 0.3) is 0 Å². The first-order valence-electron chi connectivity index (χ1n) is 6.03. The second kappa shape index (κ2) is 6.98. The quantitative estimate of drug-likeness (QED) is 0.873. The highest BCUT2D eigenvalue weighted by molar-refractivity contribution is 7.20. The zero-order valence-electron chi connectivity index (χ0n) is 11.0. The van der Waals surface area contributed by atoms with Crippen LogP contribution in [0.1, 0.15) is 23.0 Å². The first-order chi connectivity index (χ1) is 9.97. The fourth-order valence-electron chi connectivity index (χ4n) is 1.58. The van der Waals surface area contributed by atoms with Gasteiger partial charge in [0.05, 0.1) is 22.7 Å². The van der Waals surface area contributed by atoms with Gasteiger partial charge >= 0.3 is 0 Å². The van der Waals surface area contributed by atoms with E-state index in [1.165, 1.54) is 12.3 Å². The number of carbonyl (C=O) groups is 2. The lowest BCUT2D eigenvalue weighted by molar-refractivity contribution is -0.122. The van der Waals surface area contributed by atoms with Gasteiger partial charge in [0.2, 0.25) is 5.91 Å². The fraction of sp³-hybridized carbons (Fsp3) is 0.231. The smallest absolute Gasteiger partial charge is 0.254 e. The van der Waals surface area contributed by atoms with Gasteiger partial charge in [0.15, 0.2) is 0 Å². The standard InChI is InChI=1S/C13H12Cl2N2O3S/c1-7(12(18)16-6-8-3-2-4-20-8)17-13(19)9-5-10(14)21-11(9)15/h2-5,7H,6H2,1H3,(H,16,18)(H,17,19)/t7-/m0/s1. The number of amides is 2. The summed E-state index contributed by atoms with van der Waals surface area (Å²) in [5.74, 6) is -0.129. The van der Waals surface area contributed by atoms with Crippen molar-refractivity contribution in [2.45, 2.75) is 19.5 Å². The minimum absolute atomic E-state index is 0.261. The number of carbonyl (C=O) groups excluding carboxylic acids is 2. The van der Waals surface area contributed by atoms with Gasteiger partial charge in [-0.15, -0.1) is 11.3 Å². The summed E-state index contributed by atoms with van der Waals surface area (Å²) >= 11 is 12.8. The molecule has 2 N–H and O–H groups in total. The molecule has 0 aliphatic rings. The first-order valence-corrected chi connectivity index (χ1v) is 7.60. The Morgan fingerprint density at radius 2 is 2.19 bits per heavy atom. The molecular weight excluding hydrogens is 335 g/mol. The predicted molar refractivity (Wildman–Crippen MR) is 81.8 cm³/mol. The summed E-state index contributed by atoms with van der Waals surface area (Å²) in [6.45, 7) is 1.84. The van der Waals surface area contributed by atoms with Gasteiger partial charge in [-0.1, -0.05) is 23.2 Å². The van der Waals surface area contributed by atoms with E-state index in [0.717, 1.165) is 11.3 Å². The fourth-order valence-corrected chi connectivity index (χ4v) is 3.03. The van der Waals surface area contributed by atoms with Crippen LogP contribution in [-0.2, 0) is 11.3 Å². The monoisotopic (exact) mass is 346 g/mol. The van der Waals surface area contributed by atoms with Crippen molar-refractivity contribution in [3.8, 4) is 0 Å². The Hall–Kier alpha value is -1.50. The van der Waals surface area contributed by atoms with Crippen molar-refractivity contribution in [2.24, 2.45) is 0 Å². The number of halogens is 2. The van der Waals surface area contributed by atoms with Crippen LogP contribution in [0.4, 0.5) is 0 Å². The molecule has 2 aromatic heterocycles. The summed E-state index contributed by atoms with van der Waals surface area (Å²) in [4.78, 5) is 23.9. The van der Waals surface area contributed by atoms with E-state index >= 15 is 0 Å². The Kier molecular flexibility index (Phi) is 5.27. The number of thiophene rings is 1.